The lowest BCUT2D eigenvalue weighted by Gasteiger charge is -2.22. The molecule has 0 fully saturated rings. The second kappa shape index (κ2) is 7.53. The summed E-state index contributed by atoms with van der Waals surface area (Å²) >= 11 is 0. The summed E-state index contributed by atoms with van der Waals surface area (Å²) in [4.78, 5) is 29.1. The summed E-state index contributed by atoms with van der Waals surface area (Å²) < 4.78 is 0. The van der Waals surface area contributed by atoms with Gasteiger partial charge in [0.2, 0.25) is 0 Å². The monoisotopic (exact) mass is 347 g/mol. The molecule has 0 radical (unpaired) electrons. The number of hydrogen-bond acceptors (Lipinski definition) is 3. The van der Waals surface area contributed by atoms with Gasteiger partial charge in [-0.15, -0.1) is 5.06 Å². The van der Waals surface area contributed by atoms with Gasteiger partial charge in [-0.2, -0.15) is 0 Å². The number of aromatic carboxylic acids is 1. The molecule has 0 unspecified atom stereocenters. The molecule has 0 atom stereocenters. The molecule has 0 bridgehead atoms. The number of carbonyl (C=O) groups excluding carboxylic acids is 1. The Balaban J connectivity index is 1.88. The highest BCUT2D eigenvalue weighted by molar-refractivity contribution is 6.00. The number of hydrogen-bond donors (Lipinski definition) is 1. The number of amides is 1. The van der Waals surface area contributed by atoms with Crippen molar-refractivity contribution in [1.29, 1.82) is 0 Å². The smallest absolute Gasteiger partial charge is 0.337 e. The van der Waals surface area contributed by atoms with Crippen molar-refractivity contribution in [2.75, 3.05) is 5.06 Å². The van der Waals surface area contributed by atoms with Gasteiger partial charge in [-0.25, -0.2) is 4.79 Å². The Bertz CT molecular complexity index is 920. The number of carboxylic acids is 1. The van der Waals surface area contributed by atoms with Gasteiger partial charge in [0.15, 0.2) is 5.75 Å². The first kappa shape index (κ1) is 17.2. The number of para-hydroxylation sites is 1. The Kier molecular flexibility index (Phi) is 4.99. The molecule has 5 heteroatoms. The maximum Gasteiger partial charge on any atom is 0.337 e. The maximum absolute atomic E-state index is 12.0. The van der Waals surface area contributed by atoms with Crippen molar-refractivity contribution in [1.82, 2.24) is 0 Å². The summed E-state index contributed by atoms with van der Waals surface area (Å²) in [7, 11) is 0. The van der Waals surface area contributed by atoms with E-state index < -0.39 is 11.9 Å². The SMILES string of the molecule is CC(=O)N(Oc1ccc(-c2ccccc2)cc1)c1ccccc1C(=O)O. The highest BCUT2D eigenvalue weighted by Crippen LogP contribution is 2.26. The zero-order chi connectivity index (χ0) is 18.5. The number of rotatable bonds is 5. The van der Waals surface area contributed by atoms with Crippen molar-refractivity contribution in [2.45, 2.75) is 6.92 Å². The molecule has 0 saturated heterocycles. The zero-order valence-electron chi connectivity index (χ0n) is 14.1. The second-order valence-electron chi connectivity index (χ2n) is 5.62. The molecule has 3 aromatic carbocycles. The van der Waals surface area contributed by atoms with Crippen LogP contribution in [0.3, 0.4) is 0 Å². The molecular formula is C21H17NO4. The minimum atomic E-state index is -1.13. The third-order valence-corrected chi connectivity index (χ3v) is 3.80. The van der Waals surface area contributed by atoms with Crippen molar-refractivity contribution < 1.29 is 19.5 Å². The third kappa shape index (κ3) is 3.72. The minimum absolute atomic E-state index is 0.0106. The van der Waals surface area contributed by atoms with Crippen LogP contribution in [0.5, 0.6) is 5.75 Å². The van der Waals surface area contributed by atoms with Gasteiger partial charge in [0.25, 0.3) is 5.91 Å². The lowest BCUT2D eigenvalue weighted by molar-refractivity contribution is -0.120. The van der Waals surface area contributed by atoms with E-state index in [4.69, 9.17) is 4.84 Å². The summed E-state index contributed by atoms with van der Waals surface area (Å²) in [6, 6.07) is 23.3. The van der Waals surface area contributed by atoms with E-state index in [0.29, 0.717) is 5.75 Å². The van der Waals surface area contributed by atoms with Crippen molar-refractivity contribution >= 4 is 17.6 Å². The van der Waals surface area contributed by atoms with E-state index in [-0.39, 0.29) is 11.3 Å². The average Bonchev–Trinajstić information content (AvgIpc) is 2.67. The Hall–Kier alpha value is -3.60. The highest BCUT2D eigenvalue weighted by atomic mass is 16.7. The van der Waals surface area contributed by atoms with Crippen molar-refractivity contribution in [2.24, 2.45) is 0 Å². The second-order valence-corrected chi connectivity index (χ2v) is 5.62. The fourth-order valence-electron chi connectivity index (χ4n) is 2.56. The van der Waals surface area contributed by atoms with E-state index in [9.17, 15) is 14.7 Å². The van der Waals surface area contributed by atoms with Crippen LogP contribution in [0.2, 0.25) is 0 Å². The molecule has 130 valence electrons. The van der Waals surface area contributed by atoms with Crippen molar-refractivity contribution in [3.63, 3.8) is 0 Å². The van der Waals surface area contributed by atoms with Gasteiger partial charge in [-0.1, -0.05) is 54.6 Å². The molecule has 1 N–H and O–H groups in total. The van der Waals surface area contributed by atoms with Crippen molar-refractivity contribution in [3.05, 3.63) is 84.4 Å². The molecule has 0 saturated carbocycles. The van der Waals surface area contributed by atoms with E-state index in [2.05, 4.69) is 0 Å². The zero-order valence-corrected chi connectivity index (χ0v) is 14.1. The standard InChI is InChI=1S/C21H17NO4/c1-15(23)22(20-10-6-5-9-19(20)21(24)25)26-18-13-11-17(12-14-18)16-7-3-2-4-8-16/h2-14H,1H3,(H,24,25). The van der Waals surface area contributed by atoms with Crippen LogP contribution in [-0.4, -0.2) is 17.0 Å². The first-order valence-electron chi connectivity index (χ1n) is 8.03. The van der Waals surface area contributed by atoms with Gasteiger partial charge in [0, 0.05) is 6.92 Å². The van der Waals surface area contributed by atoms with Crippen LogP contribution in [0.25, 0.3) is 11.1 Å². The van der Waals surface area contributed by atoms with Crippen LogP contribution in [0.1, 0.15) is 17.3 Å². The predicted octanol–water partition coefficient (Wildman–Crippen LogP) is 4.40. The molecule has 1 amide bonds. The van der Waals surface area contributed by atoms with Crippen LogP contribution in [0.4, 0.5) is 5.69 Å². The summed E-state index contributed by atoms with van der Waals surface area (Å²) in [5, 5.41) is 10.3. The average molecular weight is 347 g/mol. The first-order chi connectivity index (χ1) is 12.6. The Morgan fingerprint density at radius 1 is 0.808 bits per heavy atom. The topological polar surface area (TPSA) is 66.8 Å². The molecule has 0 spiro atoms. The van der Waals surface area contributed by atoms with Crippen LogP contribution < -0.4 is 9.90 Å². The molecule has 3 aromatic rings. The van der Waals surface area contributed by atoms with E-state index in [0.717, 1.165) is 16.2 Å². The van der Waals surface area contributed by atoms with Crippen LogP contribution in [0.15, 0.2) is 78.9 Å². The molecular weight excluding hydrogens is 330 g/mol. The molecule has 0 aliphatic carbocycles. The van der Waals surface area contributed by atoms with Gasteiger partial charge in [0.1, 0.15) is 0 Å². The summed E-state index contributed by atoms with van der Waals surface area (Å²) in [6.45, 7) is 1.32. The van der Waals surface area contributed by atoms with Crippen LogP contribution >= 0.6 is 0 Å². The third-order valence-electron chi connectivity index (χ3n) is 3.80. The number of carbonyl (C=O) groups is 2. The van der Waals surface area contributed by atoms with E-state index in [1.54, 1.807) is 24.3 Å². The summed E-state index contributed by atoms with van der Waals surface area (Å²) in [5.41, 5.74) is 2.25. The molecule has 3 rings (SSSR count). The fraction of sp³-hybridized carbons (Fsp3) is 0.0476. The van der Waals surface area contributed by atoms with Crippen LogP contribution in [-0.2, 0) is 4.79 Å². The molecule has 0 aromatic heterocycles. The van der Waals surface area contributed by atoms with Gasteiger partial charge >= 0.3 is 5.97 Å². The van der Waals surface area contributed by atoms with E-state index >= 15 is 0 Å². The molecule has 5 nitrogen and oxygen atoms in total. The minimum Gasteiger partial charge on any atom is -0.478 e. The number of anilines is 1. The Morgan fingerprint density at radius 3 is 2.00 bits per heavy atom. The molecule has 0 heterocycles. The van der Waals surface area contributed by atoms with Crippen LogP contribution in [0, 0.1) is 0 Å². The normalized spacial score (nSPS) is 10.2. The number of hydroxylamine groups is 1. The van der Waals surface area contributed by atoms with Gasteiger partial charge in [0.05, 0.1) is 11.3 Å². The predicted molar refractivity (Wildman–Crippen MR) is 99.1 cm³/mol. The molecule has 0 aliphatic rings. The summed E-state index contributed by atoms with van der Waals surface area (Å²) in [5.74, 6) is -1.12. The first-order valence-corrected chi connectivity index (χ1v) is 8.03. The quantitative estimate of drug-likeness (QED) is 0.695. The maximum atomic E-state index is 12.0. The van der Waals surface area contributed by atoms with E-state index in [1.165, 1.54) is 19.1 Å². The lowest BCUT2D eigenvalue weighted by Crippen LogP contribution is -2.33. The summed E-state index contributed by atoms with van der Waals surface area (Å²) in [6.07, 6.45) is 0. The number of carboxylic acid groups (broad SMARTS) is 1. The largest absolute Gasteiger partial charge is 0.478 e. The molecule has 26 heavy (non-hydrogen) atoms. The number of nitrogens with zero attached hydrogens (tertiary/aromatic N) is 1. The van der Waals surface area contributed by atoms with Gasteiger partial charge < -0.3 is 9.94 Å². The highest BCUT2D eigenvalue weighted by Gasteiger charge is 2.20. The number of benzene rings is 3. The van der Waals surface area contributed by atoms with Gasteiger partial charge in [-0.3, -0.25) is 4.79 Å². The van der Waals surface area contributed by atoms with E-state index in [1.807, 2.05) is 42.5 Å². The fourth-order valence-corrected chi connectivity index (χ4v) is 2.56. The van der Waals surface area contributed by atoms with Crippen molar-refractivity contribution in [3.8, 4) is 16.9 Å². The van der Waals surface area contributed by atoms with Gasteiger partial charge in [-0.05, 0) is 35.4 Å². The molecule has 0 aliphatic heterocycles. The lowest BCUT2D eigenvalue weighted by atomic mass is 10.1. The Labute approximate surface area is 151 Å². The Morgan fingerprint density at radius 2 is 1.38 bits per heavy atom.